The van der Waals surface area contributed by atoms with Crippen molar-refractivity contribution >= 4 is 81.9 Å². The molecule has 0 fully saturated rings. The zero-order valence-electron chi connectivity index (χ0n) is 53.5. The van der Waals surface area contributed by atoms with Crippen molar-refractivity contribution in [3.8, 4) is 23.0 Å². The minimum atomic E-state index is -0.747. The monoisotopic (exact) mass is 1280 g/mol. The molecule has 8 aromatic rings. The Kier molecular flexibility index (Phi) is 26.7. The van der Waals surface area contributed by atoms with Gasteiger partial charge in [-0.25, -0.2) is 0 Å². The fraction of sp³-hybridized carbons (Fsp3) is 0.297. The molecule has 0 amide bonds. The normalized spacial score (nSPS) is 12.0. The zero-order valence-corrected chi connectivity index (χ0v) is 56.0. The molecular formula is C74H86N8O6S3. The van der Waals surface area contributed by atoms with Crippen LogP contribution in [0.15, 0.2) is 222 Å². The molecule has 2 atom stereocenters. The molecule has 476 valence electrons. The van der Waals surface area contributed by atoms with Gasteiger partial charge in [-0.2, -0.15) is 10.2 Å². The summed E-state index contributed by atoms with van der Waals surface area (Å²) in [7, 11) is 0. The minimum absolute atomic E-state index is 0.0105. The third-order valence-electron chi connectivity index (χ3n) is 15.4. The van der Waals surface area contributed by atoms with Crippen molar-refractivity contribution in [2.45, 2.75) is 87.2 Å². The Morgan fingerprint density at radius 3 is 0.923 bits per heavy atom. The maximum absolute atomic E-state index is 11.0. The van der Waals surface area contributed by atoms with Crippen LogP contribution in [0.25, 0.3) is 0 Å². The first-order chi connectivity index (χ1) is 44.3. The van der Waals surface area contributed by atoms with Crippen molar-refractivity contribution in [1.29, 1.82) is 0 Å². The summed E-state index contributed by atoms with van der Waals surface area (Å²) in [6, 6.07) is 60.0. The third-order valence-corrected chi connectivity index (χ3v) is 18.8. The number of hydrogen-bond acceptors (Lipinski definition) is 17. The number of anilines is 4. The second-order valence-electron chi connectivity index (χ2n) is 21.3. The number of rotatable bonds is 34. The standard InChI is InChI=1S/C74H86N8O6S3/c1-9-79(10-2)59-27-17-53(18-28-59)73(54-19-29-60(30-20-54)80(11-3)12-4)77-75-47-57-25-35-65(45-71(57)85)87-49-63(83)51-89-67-37-41-69(42-38-67)91-70-43-39-68(40-44-70)90-52-64(84)50-88-66-36-26-58(72(86)46-66)48-76-78-74(55-21-31-61(32-22-55)81(13-5)14-6)56-23-33-62(34-24-56)82(15-7)16-8/h17-48,63-64,83-86H,9-16,49-52H2,1-8H3. The predicted octanol–water partition coefficient (Wildman–Crippen LogP) is 15.4. The van der Waals surface area contributed by atoms with Gasteiger partial charge in [0.2, 0.25) is 0 Å². The highest BCUT2D eigenvalue weighted by Gasteiger charge is 2.16. The van der Waals surface area contributed by atoms with Crippen LogP contribution in [0.5, 0.6) is 23.0 Å². The summed E-state index contributed by atoms with van der Waals surface area (Å²) in [5, 5.41) is 61.9. The van der Waals surface area contributed by atoms with Gasteiger partial charge in [-0.05, 0) is 177 Å². The van der Waals surface area contributed by atoms with Gasteiger partial charge in [0, 0.05) is 152 Å². The number of hydrogen-bond donors (Lipinski definition) is 4. The molecule has 0 aliphatic rings. The summed E-state index contributed by atoms with van der Waals surface area (Å²) < 4.78 is 11.8. The lowest BCUT2D eigenvalue weighted by atomic mass is 10.0. The van der Waals surface area contributed by atoms with E-state index in [4.69, 9.17) is 19.7 Å². The Morgan fingerprint density at radius 1 is 0.385 bits per heavy atom. The smallest absolute Gasteiger partial charge is 0.128 e. The topological polar surface area (TPSA) is 162 Å². The van der Waals surface area contributed by atoms with E-state index in [1.807, 2.05) is 24.3 Å². The van der Waals surface area contributed by atoms with Crippen LogP contribution in [-0.4, -0.2) is 134 Å². The predicted molar refractivity (Wildman–Crippen MR) is 384 cm³/mol. The highest BCUT2D eigenvalue weighted by molar-refractivity contribution is 8.00. The minimum Gasteiger partial charge on any atom is -0.507 e. The first-order valence-corrected chi connectivity index (χ1v) is 34.2. The number of nitrogens with zero attached hydrogens (tertiary/aromatic N) is 8. The lowest BCUT2D eigenvalue weighted by Crippen LogP contribution is -2.22. The number of aliphatic hydroxyl groups excluding tert-OH is 2. The molecule has 2 unspecified atom stereocenters. The summed E-state index contributed by atoms with van der Waals surface area (Å²) in [6.07, 6.45) is 1.58. The van der Waals surface area contributed by atoms with Crippen molar-refractivity contribution in [2.75, 3.05) is 96.7 Å². The lowest BCUT2D eigenvalue weighted by Gasteiger charge is -2.22. The van der Waals surface area contributed by atoms with Gasteiger partial charge in [-0.3, -0.25) is 0 Å². The Morgan fingerprint density at radius 2 is 0.659 bits per heavy atom. The average Bonchev–Trinajstić information content (AvgIpc) is 1.95. The molecule has 17 heteroatoms. The first-order valence-electron chi connectivity index (χ1n) is 31.4. The van der Waals surface area contributed by atoms with Crippen LogP contribution in [0.1, 0.15) is 88.8 Å². The molecule has 14 nitrogen and oxygen atoms in total. The van der Waals surface area contributed by atoms with E-state index in [2.05, 4.69) is 207 Å². The fourth-order valence-corrected chi connectivity index (χ4v) is 12.6. The van der Waals surface area contributed by atoms with Crippen LogP contribution in [-0.2, 0) is 0 Å². The molecule has 8 aromatic carbocycles. The molecular weight excluding hydrogens is 1190 g/mol. The van der Waals surface area contributed by atoms with Crippen molar-refractivity contribution in [1.82, 2.24) is 0 Å². The van der Waals surface area contributed by atoms with Crippen LogP contribution in [0.3, 0.4) is 0 Å². The van der Waals surface area contributed by atoms with Gasteiger partial charge < -0.3 is 49.5 Å². The molecule has 0 radical (unpaired) electrons. The molecule has 0 saturated carbocycles. The highest BCUT2D eigenvalue weighted by atomic mass is 32.2. The van der Waals surface area contributed by atoms with E-state index in [0.717, 1.165) is 128 Å². The van der Waals surface area contributed by atoms with Gasteiger partial charge in [0.05, 0.1) is 24.6 Å². The summed E-state index contributed by atoms with van der Waals surface area (Å²) in [5.41, 5.74) is 10.7. The Labute approximate surface area is 551 Å². The van der Waals surface area contributed by atoms with E-state index >= 15 is 0 Å². The van der Waals surface area contributed by atoms with E-state index < -0.39 is 12.2 Å². The van der Waals surface area contributed by atoms with Crippen LogP contribution < -0.4 is 29.1 Å². The van der Waals surface area contributed by atoms with E-state index in [1.165, 1.54) is 24.6 Å². The maximum Gasteiger partial charge on any atom is 0.128 e. The number of benzene rings is 8. The molecule has 0 aromatic heterocycles. The van der Waals surface area contributed by atoms with Crippen LogP contribution in [0.4, 0.5) is 22.7 Å². The Hall–Kier alpha value is -8.19. The van der Waals surface area contributed by atoms with Gasteiger partial charge in [-0.15, -0.1) is 33.7 Å². The number of ether oxygens (including phenoxy) is 2. The summed E-state index contributed by atoms with van der Waals surface area (Å²) in [5.74, 6) is 1.69. The second-order valence-corrected chi connectivity index (χ2v) is 24.6. The molecule has 0 aliphatic heterocycles. The molecule has 0 spiro atoms. The maximum atomic E-state index is 11.0. The van der Waals surface area contributed by atoms with Crippen molar-refractivity contribution < 1.29 is 29.9 Å². The highest BCUT2D eigenvalue weighted by Crippen LogP contribution is 2.33. The number of aliphatic hydroxyl groups is 2. The number of phenols is 2. The fourth-order valence-electron chi connectivity index (χ4n) is 10.2. The van der Waals surface area contributed by atoms with E-state index in [0.29, 0.717) is 34.1 Å². The first kappa shape index (κ1) is 68.7. The number of aromatic hydroxyl groups is 2. The molecule has 0 heterocycles. The quantitative estimate of drug-likeness (QED) is 0.0171. The molecule has 0 saturated heterocycles. The van der Waals surface area contributed by atoms with E-state index in [1.54, 1.807) is 59.6 Å². The summed E-state index contributed by atoms with van der Waals surface area (Å²) in [6.45, 7) is 24.7. The Bertz CT molecular complexity index is 3280. The average molecular weight is 1280 g/mol. The van der Waals surface area contributed by atoms with Gasteiger partial charge in [0.15, 0.2) is 0 Å². The van der Waals surface area contributed by atoms with Crippen LogP contribution >= 0.6 is 35.3 Å². The van der Waals surface area contributed by atoms with Gasteiger partial charge in [-0.1, -0.05) is 60.3 Å². The molecule has 0 aliphatic carbocycles. The van der Waals surface area contributed by atoms with Crippen LogP contribution in [0, 0.1) is 0 Å². The van der Waals surface area contributed by atoms with Gasteiger partial charge >= 0.3 is 0 Å². The molecule has 4 N–H and O–H groups in total. The zero-order chi connectivity index (χ0) is 64.5. The SMILES string of the molecule is CCN(CC)c1ccc(C(=NN=Cc2ccc(OCC(O)CSc3ccc(Sc4ccc(SCC(O)COc5ccc(C=NN=C(c6ccc(N(CC)CC)cc6)c6ccc(N(CC)CC)cc6)c(O)c5)cc4)cc3)cc2O)c2ccc(N(CC)CC)cc2)cc1. The van der Waals surface area contributed by atoms with E-state index in [9.17, 15) is 20.4 Å². The summed E-state index contributed by atoms with van der Waals surface area (Å²) >= 11 is 4.74. The lowest BCUT2D eigenvalue weighted by molar-refractivity contribution is 0.126. The molecule has 91 heavy (non-hydrogen) atoms. The third kappa shape index (κ3) is 19.9. The van der Waals surface area contributed by atoms with Crippen molar-refractivity contribution in [3.63, 3.8) is 0 Å². The largest absolute Gasteiger partial charge is 0.507 e. The number of thioether (sulfide) groups is 2. The van der Waals surface area contributed by atoms with E-state index in [-0.39, 0.29) is 24.7 Å². The summed E-state index contributed by atoms with van der Waals surface area (Å²) in [4.78, 5) is 13.4. The van der Waals surface area contributed by atoms with Crippen molar-refractivity contribution in [2.24, 2.45) is 20.4 Å². The molecule has 0 bridgehead atoms. The second kappa shape index (κ2) is 35.4. The van der Waals surface area contributed by atoms with Crippen molar-refractivity contribution in [3.05, 3.63) is 215 Å². The van der Waals surface area contributed by atoms with Gasteiger partial charge in [0.25, 0.3) is 0 Å². The van der Waals surface area contributed by atoms with Gasteiger partial charge in [0.1, 0.15) is 47.6 Å². The number of phenolic OH excluding ortho intramolecular Hbond substituents is 2. The molecule has 8 rings (SSSR count). The Balaban J connectivity index is 0.765. The van der Waals surface area contributed by atoms with Crippen LogP contribution in [0.2, 0.25) is 0 Å².